The zero-order valence-electron chi connectivity index (χ0n) is 13.7. The summed E-state index contributed by atoms with van der Waals surface area (Å²) in [5, 5.41) is 7.18. The van der Waals surface area contributed by atoms with Crippen LogP contribution in [0, 0.1) is 5.82 Å². The molecule has 0 fully saturated rings. The number of rotatable bonds is 7. The Bertz CT molecular complexity index is 798. The smallest absolute Gasteiger partial charge is 0.240 e. The van der Waals surface area contributed by atoms with Gasteiger partial charge in [-0.15, -0.1) is 0 Å². The Kier molecular flexibility index (Phi) is 5.00. The van der Waals surface area contributed by atoms with Gasteiger partial charge in [0, 0.05) is 31.4 Å². The molecule has 0 saturated carbocycles. The highest BCUT2D eigenvalue weighted by Gasteiger charge is 2.13. The monoisotopic (exact) mass is 329 g/mol. The van der Waals surface area contributed by atoms with Crippen LogP contribution in [0.3, 0.4) is 0 Å². The van der Waals surface area contributed by atoms with E-state index in [2.05, 4.69) is 38.9 Å². The van der Waals surface area contributed by atoms with Crippen LogP contribution in [0.4, 0.5) is 4.39 Å². The molecule has 1 unspecified atom stereocenters. The molecule has 2 aromatic heterocycles. The van der Waals surface area contributed by atoms with Crippen molar-refractivity contribution in [2.75, 3.05) is 0 Å². The van der Waals surface area contributed by atoms with Crippen LogP contribution in [0.25, 0.3) is 11.4 Å². The summed E-state index contributed by atoms with van der Waals surface area (Å²) in [5.74, 6) is 1.39. The van der Waals surface area contributed by atoms with Crippen molar-refractivity contribution in [1.29, 1.82) is 0 Å². The largest absolute Gasteiger partial charge is 0.338 e. The van der Waals surface area contributed by atoms with E-state index in [-0.39, 0.29) is 17.7 Å². The van der Waals surface area contributed by atoms with Gasteiger partial charge in [-0.2, -0.15) is 4.98 Å². The Balaban J connectivity index is 1.58. The summed E-state index contributed by atoms with van der Waals surface area (Å²) < 4.78 is 21.1. The molecule has 0 amide bonds. The van der Waals surface area contributed by atoms with E-state index in [1.165, 1.54) is 6.07 Å². The van der Waals surface area contributed by atoms with E-state index >= 15 is 0 Å². The SMILES string of the molecule is CCc1nccn1CC(C)NCc1nc(-c2ccccc2F)no1. The summed E-state index contributed by atoms with van der Waals surface area (Å²) >= 11 is 0. The van der Waals surface area contributed by atoms with Gasteiger partial charge in [0.25, 0.3) is 0 Å². The zero-order valence-corrected chi connectivity index (χ0v) is 13.7. The molecular weight excluding hydrogens is 309 g/mol. The third kappa shape index (κ3) is 3.68. The van der Waals surface area contributed by atoms with Crippen molar-refractivity contribution in [1.82, 2.24) is 25.0 Å². The van der Waals surface area contributed by atoms with Crippen LogP contribution in [-0.4, -0.2) is 25.7 Å². The molecule has 24 heavy (non-hydrogen) atoms. The zero-order chi connectivity index (χ0) is 16.9. The molecule has 1 aromatic carbocycles. The van der Waals surface area contributed by atoms with Crippen molar-refractivity contribution in [2.24, 2.45) is 0 Å². The quantitative estimate of drug-likeness (QED) is 0.722. The molecule has 0 aliphatic rings. The van der Waals surface area contributed by atoms with Crippen molar-refractivity contribution in [3.05, 3.63) is 54.2 Å². The van der Waals surface area contributed by atoms with E-state index in [1.807, 2.05) is 12.4 Å². The van der Waals surface area contributed by atoms with Crippen LogP contribution in [-0.2, 0) is 19.5 Å². The molecule has 0 radical (unpaired) electrons. The van der Waals surface area contributed by atoms with Gasteiger partial charge in [0.15, 0.2) is 0 Å². The molecular formula is C17H20FN5O. The number of aryl methyl sites for hydroxylation is 1. The maximum Gasteiger partial charge on any atom is 0.240 e. The average Bonchev–Trinajstić information content (AvgIpc) is 3.22. The standard InChI is InChI=1S/C17H20FN5O/c1-3-15-19-8-9-23(15)11-12(2)20-10-16-21-17(22-24-16)13-6-4-5-7-14(13)18/h4-9,12,20H,3,10-11H2,1-2H3. The first kappa shape index (κ1) is 16.3. The van der Waals surface area contributed by atoms with Gasteiger partial charge in [-0.25, -0.2) is 9.37 Å². The van der Waals surface area contributed by atoms with Crippen LogP contribution < -0.4 is 5.32 Å². The fourth-order valence-corrected chi connectivity index (χ4v) is 2.52. The molecule has 3 rings (SSSR count). The second kappa shape index (κ2) is 7.35. The minimum Gasteiger partial charge on any atom is -0.338 e. The van der Waals surface area contributed by atoms with Crippen LogP contribution in [0.5, 0.6) is 0 Å². The number of benzene rings is 1. The van der Waals surface area contributed by atoms with Crippen molar-refractivity contribution >= 4 is 0 Å². The van der Waals surface area contributed by atoms with E-state index in [1.54, 1.807) is 18.2 Å². The molecule has 3 aromatic rings. The molecule has 2 heterocycles. The Hall–Kier alpha value is -2.54. The van der Waals surface area contributed by atoms with Crippen molar-refractivity contribution in [2.45, 2.75) is 39.4 Å². The van der Waals surface area contributed by atoms with Crippen molar-refractivity contribution in [3.63, 3.8) is 0 Å². The summed E-state index contributed by atoms with van der Waals surface area (Å²) in [4.78, 5) is 8.55. The Morgan fingerprint density at radius 3 is 2.96 bits per heavy atom. The van der Waals surface area contributed by atoms with Gasteiger partial charge < -0.3 is 14.4 Å². The number of imidazole rings is 1. The van der Waals surface area contributed by atoms with Crippen LogP contribution >= 0.6 is 0 Å². The Morgan fingerprint density at radius 2 is 2.17 bits per heavy atom. The number of hydrogen-bond acceptors (Lipinski definition) is 5. The number of nitrogens with zero attached hydrogens (tertiary/aromatic N) is 4. The molecule has 0 spiro atoms. The van der Waals surface area contributed by atoms with Gasteiger partial charge >= 0.3 is 0 Å². The summed E-state index contributed by atoms with van der Waals surface area (Å²) in [6.07, 6.45) is 4.68. The third-order valence-electron chi connectivity index (χ3n) is 3.77. The first-order valence-corrected chi connectivity index (χ1v) is 7.98. The van der Waals surface area contributed by atoms with E-state index < -0.39 is 0 Å². The Morgan fingerprint density at radius 1 is 1.33 bits per heavy atom. The molecule has 6 nitrogen and oxygen atoms in total. The molecule has 7 heteroatoms. The van der Waals surface area contributed by atoms with E-state index in [9.17, 15) is 4.39 Å². The minimum atomic E-state index is -0.363. The van der Waals surface area contributed by atoms with E-state index in [4.69, 9.17) is 4.52 Å². The lowest BCUT2D eigenvalue weighted by Gasteiger charge is -2.14. The highest BCUT2D eigenvalue weighted by Crippen LogP contribution is 2.19. The lowest BCUT2D eigenvalue weighted by molar-refractivity contribution is 0.352. The van der Waals surface area contributed by atoms with Gasteiger partial charge in [0.05, 0.1) is 12.1 Å². The van der Waals surface area contributed by atoms with Crippen LogP contribution in [0.1, 0.15) is 25.6 Å². The molecule has 0 aliphatic carbocycles. The second-order valence-corrected chi connectivity index (χ2v) is 5.62. The Labute approximate surface area is 139 Å². The number of aromatic nitrogens is 4. The van der Waals surface area contributed by atoms with E-state index in [0.717, 1.165) is 18.8 Å². The maximum absolute atomic E-state index is 13.7. The van der Waals surface area contributed by atoms with Crippen LogP contribution in [0.2, 0.25) is 0 Å². The predicted molar refractivity (Wildman–Crippen MR) is 87.6 cm³/mol. The molecule has 0 saturated heterocycles. The lowest BCUT2D eigenvalue weighted by atomic mass is 10.2. The summed E-state index contributed by atoms with van der Waals surface area (Å²) in [5.41, 5.74) is 0.339. The normalized spacial score (nSPS) is 12.5. The van der Waals surface area contributed by atoms with Gasteiger partial charge in [0.1, 0.15) is 11.6 Å². The van der Waals surface area contributed by atoms with Crippen molar-refractivity contribution in [3.8, 4) is 11.4 Å². The molecule has 1 atom stereocenters. The highest BCUT2D eigenvalue weighted by molar-refractivity contribution is 5.54. The first-order valence-electron chi connectivity index (χ1n) is 7.98. The number of hydrogen-bond donors (Lipinski definition) is 1. The fraction of sp³-hybridized carbons (Fsp3) is 0.353. The predicted octanol–water partition coefficient (Wildman–Crippen LogP) is 2.81. The van der Waals surface area contributed by atoms with E-state index in [0.29, 0.717) is 18.0 Å². The van der Waals surface area contributed by atoms with Gasteiger partial charge in [-0.3, -0.25) is 0 Å². The highest BCUT2D eigenvalue weighted by atomic mass is 19.1. The molecule has 126 valence electrons. The van der Waals surface area contributed by atoms with Gasteiger partial charge in [-0.1, -0.05) is 24.2 Å². The molecule has 0 bridgehead atoms. The maximum atomic E-state index is 13.7. The number of nitrogens with one attached hydrogen (secondary N) is 1. The topological polar surface area (TPSA) is 68.8 Å². The second-order valence-electron chi connectivity index (χ2n) is 5.62. The third-order valence-corrected chi connectivity index (χ3v) is 3.77. The number of halogens is 1. The van der Waals surface area contributed by atoms with Gasteiger partial charge in [-0.05, 0) is 19.1 Å². The lowest BCUT2D eigenvalue weighted by Crippen LogP contribution is -2.30. The molecule has 1 N–H and O–H groups in total. The van der Waals surface area contributed by atoms with Crippen molar-refractivity contribution < 1.29 is 8.91 Å². The summed E-state index contributed by atoms with van der Waals surface area (Å²) in [6.45, 7) is 5.39. The minimum absolute atomic E-state index is 0.202. The van der Waals surface area contributed by atoms with Crippen LogP contribution in [0.15, 0.2) is 41.2 Å². The summed E-state index contributed by atoms with van der Waals surface area (Å²) in [6, 6.07) is 6.58. The molecule has 0 aliphatic heterocycles. The van der Waals surface area contributed by atoms with Gasteiger partial charge in [0.2, 0.25) is 11.7 Å². The fourth-order valence-electron chi connectivity index (χ4n) is 2.52. The average molecular weight is 329 g/mol. The summed E-state index contributed by atoms with van der Waals surface area (Å²) in [7, 11) is 0. The first-order chi connectivity index (χ1) is 11.7.